The van der Waals surface area contributed by atoms with Gasteiger partial charge in [0.05, 0.1) is 6.10 Å². The van der Waals surface area contributed by atoms with E-state index in [2.05, 4.69) is 20.8 Å². The van der Waals surface area contributed by atoms with Crippen molar-refractivity contribution < 1.29 is 9.90 Å². The standard InChI is InChI=1S/C10H20O2/c1-4-8(2)9(3)7-10(12)5-6-11/h6,8-10,12H,4-5,7H2,1-3H3. The first-order chi connectivity index (χ1) is 5.61. The van der Waals surface area contributed by atoms with Gasteiger partial charge in [-0.2, -0.15) is 0 Å². The van der Waals surface area contributed by atoms with Crippen LogP contribution in [-0.2, 0) is 4.79 Å². The summed E-state index contributed by atoms with van der Waals surface area (Å²) in [5.41, 5.74) is 0. The zero-order valence-electron chi connectivity index (χ0n) is 8.29. The SMILES string of the molecule is CCC(C)C(C)CC(O)CC=O. The number of hydrogen-bond donors (Lipinski definition) is 1. The van der Waals surface area contributed by atoms with E-state index in [4.69, 9.17) is 0 Å². The predicted molar refractivity (Wildman–Crippen MR) is 49.9 cm³/mol. The molecule has 0 heterocycles. The molecule has 12 heavy (non-hydrogen) atoms. The van der Waals surface area contributed by atoms with Gasteiger partial charge in [-0.3, -0.25) is 0 Å². The van der Waals surface area contributed by atoms with Crippen LogP contribution in [0.15, 0.2) is 0 Å². The second-order valence-electron chi connectivity index (χ2n) is 3.65. The number of aliphatic hydroxyl groups is 1. The van der Waals surface area contributed by atoms with E-state index in [1.54, 1.807) is 0 Å². The van der Waals surface area contributed by atoms with Crippen LogP contribution >= 0.6 is 0 Å². The van der Waals surface area contributed by atoms with Crippen molar-refractivity contribution in [3.05, 3.63) is 0 Å². The Bertz CT molecular complexity index is 123. The number of hydrogen-bond acceptors (Lipinski definition) is 2. The van der Waals surface area contributed by atoms with E-state index in [1.165, 1.54) is 0 Å². The second kappa shape index (κ2) is 6.18. The molecule has 3 atom stereocenters. The Balaban J connectivity index is 3.66. The molecule has 0 aliphatic heterocycles. The Labute approximate surface area is 75.0 Å². The third-order valence-corrected chi connectivity index (χ3v) is 2.63. The molecule has 0 radical (unpaired) electrons. The summed E-state index contributed by atoms with van der Waals surface area (Å²) in [6.07, 6.45) is 2.50. The molecule has 0 spiro atoms. The van der Waals surface area contributed by atoms with Gasteiger partial charge in [-0.25, -0.2) is 0 Å². The maximum absolute atomic E-state index is 10.1. The van der Waals surface area contributed by atoms with E-state index in [0.717, 1.165) is 19.1 Å². The second-order valence-corrected chi connectivity index (χ2v) is 3.65. The van der Waals surface area contributed by atoms with E-state index in [0.29, 0.717) is 11.8 Å². The smallest absolute Gasteiger partial charge is 0.122 e. The van der Waals surface area contributed by atoms with Gasteiger partial charge in [0, 0.05) is 6.42 Å². The summed E-state index contributed by atoms with van der Waals surface area (Å²) in [6.45, 7) is 6.45. The van der Waals surface area contributed by atoms with Crippen LogP contribution in [0.5, 0.6) is 0 Å². The number of carbonyl (C=O) groups excluding carboxylic acids is 1. The van der Waals surface area contributed by atoms with Crippen molar-refractivity contribution in [3.63, 3.8) is 0 Å². The Morgan fingerprint density at radius 3 is 2.33 bits per heavy atom. The van der Waals surface area contributed by atoms with Crippen molar-refractivity contribution in [2.45, 2.75) is 46.1 Å². The Hall–Kier alpha value is -0.370. The lowest BCUT2D eigenvalue weighted by Gasteiger charge is -2.20. The van der Waals surface area contributed by atoms with Crippen molar-refractivity contribution >= 4 is 6.29 Å². The first-order valence-corrected chi connectivity index (χ1v) is 4.73. The molecule has 0 bridgehead atoms. The van der Waals surface area contributed by atoms with Crippen molar-refractivity contribution in [1.82, 2.24) is 0 Å². The van der Waals surface area contributed by atoms with Crippen molar-refractivity contribution in [2.24, 2.45) is 11.8 Å². The molecule has 0 fully saturated rings. The van der Waals surface area contributed by atoms with E-state index < -0.39 is 6.10 Å². The molecule has 0 aliphatic rings. The van der Waals surface area contributed by atoms with Crippen LogP contribution in [0.1, 0.15) is 40.0 Å². The largest absolute Gasteiger partial charge is 0.393 e. The van der Waals surface area contributed by atoms with Crippen LogP contribution in [0.3, 0.4) is 0 Å². The molecular weight excluding hydrogens is 152 g/mol. The van der Waals surface area contributed by atoms with E-state index in [1.807, 2.05) is 0 Å². The van der Waals surface area contributed by atoms with Crippen LogP contribution in [0.25, 0.3) is 0 Å². The van der Waals surface area contributed by atoms with Crippen molar-refractivity contribution in [3.8, 4) is 0 Å². The molecule has 3 unspecified atom stereocenters. The number of aliphatic hydroxyl groups excluding tert-OH is 1. The lowest BCUT2D eigenvalue weighted by atomic mass is 9.88. The summed E-state index contributed by atoms with van der Waals surface area (Å²) >= 11 is 0. The zero-order chi connectivity index (χ0) is 9.56. The number of rotatable bonds is 6. The summed E-state index contributed by atoms with van der Waals surface area (Å²) in [5, 5.41) is 9.33. The average Bonchev–Trinajstić information content (AvgIpc) is 2.03. The molecule has 0 saturated heterocycles. The van der Waals surface area contributed by atoms with Crippen LogP contribution in [-0.4, -0.2) is 17.5 Å². The Kier molecular flexibility index (Phi) is 5.99. The van der Waals surface area contributed by atoms with Crippen molar-refractivity contribution in [1.29, 1.82) is 0 Å². The quantitative estimate of drug-likeness (QED) is 0.622. The van der Waals surface area contributed by atoms with Gasteiger partial charge in [0.15, 0.2) is 0 Å². The third kappa shape index (κ3) is 4.50. The molecule has 0 aliphatic carbocycles. The maximum atomic E-state index is 10.1. The van der Waals surface area contributed by atoms with Gasteiger partial charge in [-0.15, -0.1) is 0 Å². The molecule has 2 nitrogen and oxygen atoms in total. The molecule has 0 aromatic carbocycles. The third-order valence-electron chi connectivity index (χ3n) is 2.63. The highest BCUT2D eigenvalue weighted by Crippen LogP contribution is 2.20. The van der Waals surface area contributed by atoms with E-state index >= 15 is 0 Å². The van der Waals surface area contributed by atoms with Crippen LogP contribution in [0.4, 0.5) is 0 Å². The Morgan fingerprint density at radius 2 is 1.92 bits per heavy atom. The molecule has 2 heteroatoms. The molecule has 1 N–H and O–H groups in total. The summed E-state index contributed by atoms with van der Waals surface area (Å²) < 4.78 is 0. The fraction of sp³-hybridized carbons (Fsp3) is 0.900. The highest BCUT2D eigenvalue weighted by molar-refractivity contribution is 5.49. The van der Waals surface area contributed by atoms with Crippen molar-refractivity contribution in [2.75, 3.05) is 0 Å². The highest BCUT2D eigenvalue weighted by atomic mass is 16.3. The molecule has 72 valence electrons. The minimum absolute atomic E-state index is 0.279. The summed E-state index contributed by atoms with van der Waals surface area (Å²) in [6, 6.07) is 0. The molecule has 0 saturated carbocycles. The van der Waals surface area contributed by atoms with E-state index in [-0.39, 0.29) is 6.42 Å². The van der Waals surface area contributed by atoms with Gasteiger partial charge in [0.25, 0.3) is 0 Å². The normalized spacial score (nSPS) is 18.3. The first-order valence-electron chi connectivity index (χ1n) is 4.73. The minimum atomic E-state index is -0.438. The van der Waals surface area contributed by atoms with Gasteiger partial charge in [-0.05, 0) is 18.3 Å². The lowest BCUT2D eigenvalue weighted by Crippen LogP contribution is -2.16. The van der Waals surface area contributed by atoms with Crippen LogP contribution in [0, 0.1) is 11.8 Å². The lowest BCUT2D eigenvalue weighted by molar-refractivity contribution is -0.109. The van der Waals surface area contributed by atoms with Gasteiger partial charge in [-0.1, -0.05) is 27.2 Å². The van der Waals surface area contributed by atoms with Gasteiger partial charge in [0.2, 0.25) is 0 Å². The Morgan fingerprint density at radius 1 is 1.33 bits per heavy atom. The summed E-state index contributed by atoms with van der Waals surface area (Å²) in [4.78, 5) is 10.1. The number of carbonyl (C=O) groups is 1. The van der Waals surface area contributed by atoms with E-state index in [9.17, 15) is 9.90 Å². The molecule has 0 rings (SSSR count). The first kappa shape index (κ1) is 11.6. The fourth-order valence-electron chi connectivity index (χ4n) is 1.27. The van der Waals surface area contributed by atoms with Crippen LogP contribution in [0.2, 0.25) is 0 Å². The molecule has 0 aromatic heterocycles. The fourth-order valence-corrected chi connectivity index (χ4v) is 1.27. The highest BCUT2D eigenvalue weighted by Gasteiger charge is 2.14. The maximum Gasteiger partial charge on any atom is 0.122 e. The summed E-state index contributed by atoms with van der Waals surface area (Å²) in [5.74, 6) is 1.14. The average molecular weight is 172 g/mol. The topological polar surface area (TPSA) is 37.3 Å². The van der Waals surface area contributed by atoms with Gasteiger partial charge in [0.1, 0.15) is 6.29 Å². The van der Waals surface area contributed by atoms with Gasteiger partial charge < -0.3 is 9.90 Å². The predicted octanol–water partition coefficient (Wildman–Crippen LogP) is 2.01. The molecule has 0 amide bonds. The van der Waals surface area contributed by atoms with Crippen LogP contribution < -0.4 is 0 Å². The molecular formula is C10H20O2. The summed E-state index contributed by atoms with van der Waals surface area (Å²) in [7, 11) is 0. The zero-order valence-corrected chi connectivity index (χ0v) is 8.29. The number of aldehydes is 1. The minimum Gasteiger partial charge on any atom is -0.393 e. The molecule has 0 aromatic rings. The monoisotopic (exact) mass is 172 g/mol. The van der Waals surface area contributed by atoms with Gasteiger partial charge >= 0.3 is 0 Å².